The van der Waals surface area contributed by atoms with Crippen molar-refractivity contribution in [3.63, 3.8) is 0 Å². The number of aromatic nitrogens is 4. The summed E-state index contributed by atoms with van der Waals surface area (Å²) in [5.41, 5.74) is 4.93. The SMILES string of the molecule is COc1ncccc1-c1c[nH]c2ncc(-c3ccncc3)cc12. The minimum absolute atomic E-state index is 0.600. The predicted molar refractivity (Wildman–Crippen MR) is 89.1 cm³/mol. The monoisotopic (exact) mass is 302 g/mol. The maximum absolute atomic E-state index is 5.38. The Kier molecular flexibility index (Phi) is 3.24. The summed E-state index contributed by atoms with van der Waals surface area (Å²) in [4.78, 5) is 16.1. The van der Waals surface area contributed by atoms with Crippen LogP contribution in [0.2, 0.25) is 0 Å². The van der Waals surface area contributed by atoms with Gasteiger partial charge in [0, 0.05) is 53.1 Å². The molecule has 0 aliphatic rings. The van der Waals surface area contributed by atoms with E-state index in [9.17, 15) is 0 Å². The Labute approximate surface area is 133 Å². The van der Waals surface area contributed by atoms with Gasteiger partial charge in [0.1, 0.15) is 5.65 Å². The van der Waals surface area contributed by atoms with E-state index >= 15 is 0 Å². The third kappa shape index (κ3) is 2.32. The quantitative estimate of drug-likeness (QED) is 0.627. The summed E-state index contributed by atoms with van der Waals surface area (Å²) < 4.78 is 5.38. The Morgan fingerprint density at radius 2 is 1.83 bits per heavy atom. The molecule has 0 amide bonds. The number of hydrogen-bond donors (Lipinski definition) is 1. The van der Waals surface area contributed by atoms with Crippen molar-refractivity contribution in [1.82, 2.24) is 19.9 Å². The molecule has 0 radical (unpaired) electrons. The van der Waals surface area contributed by atoms with Crippen LogP contribution in [-0.2, 0) is 0 Å². The molecule has 0 bridgehead atoms. The number of H-pyrrole nitrogens is 1. The lowest BCUT2D eigenvalue weighted by molar-refractivity contribution is 0.400. The van der Waals surface area contributed by atoms with E-state index in [-0.39, 0.29) is 0 Å². The van der Waals surface area contributed by atoms with Crippen LogP contribution in [0.3, 0.4) is 0 Å². The van der Waals surface area contributed by atoms with Crippen molar-refractivity contribution >= 4 is 11.0 Å². The summed E-state index contributed by atoms with van der Waals surface area (Å²) in [7, 11) is 1.63. The van der Waals surface area contributed by atoms with Crippen LogP contribution in [0.15, 0.2) is 61.3 Å². The van der Waals surface area contributed by atoms with Crippen LogP contribution < -0.4 is 4.74 Å². The first-order valence-corrected chi connectivity index (χ1v) is 7.24. The van der Waals surface area contributed by atoms with Gasteiger partial charge in [-0.1, -0.05) is 0 Å². The van der Waals surface area contributed by atoms with E-state index in [4.69, 9.17) is 4.74 Å². The molecule has 4 aromatic rings. The molecule has 0 aliphatic heterocycles. The van der Waals surface area contributed by atoms with Gasteiger partial charge < -0.3 is 9.72 Å². The predicted octanol–water partition coefficient (Wildman–Crippen LogP) is 3.70. The zero-order valence-corrected chi connectivity index (χ0v) is 12.5. The minimum atomic E-state index is 0.600. The van der Waals surface area contributed by atoms with Crippen LogP contribution in [0.1, 0.15) is 0 Å². The van der Waals surface area contributed by atoms with E-state index in [1.54, 1.807) is 25.7 Å². The second kappa shape index (κ2) is 5.53. The fourth-order valence-electron chi connectivity index (χ4n) is 2.69. The summed E-state index contributed by atoms with van der Waals surface area (Å²) in [6.07, 6.45) is 9.08. The van der Waals surface area contributed by atoms with Gasteiger partial charge in [-0.3, -0.25) is 4.98 Å². The van der Waals surface area contributed by atoms with Crippen LogP contribution in [0, 0.1) is 0 Å². The molecule has 0 atom stereocenters. The number of hydrogen-bond acceptors (Lipinski definition) is 4. The number of nitrogens with one attached hydrogen (secondary N) is 1. The zero-order valence-electron chi connectivity index (χ0n) is 12.5. The Morgan fingerprint density at radius 3 is 2.65 bits per heavy atom. The normalized spacial score (nSPS) is 10.8. The first kappa shape index (κ1) is 13.5. The van der Waals surface area contributed by atoms with Gasteiger partial charge in [-0.2, -0.15) is 0 Å². The van der Waals surface area contributed by atoms with Crippen LogP contribution in [0.25, 0.3) is 33.3 Å². The first-order chi connectivity index (χ1) is 11.4. The Morgan fingerprint density at radius 1 is 0.957 bits per heavy atom. The molecular formula is C18H14N4O. The number of pyridine rings is 3. The second-order valence-corrected chi connectivity index (χ2v) is 5.12. The van der Waals surface area contributed by atoms with E-state index in [1.807, 2.05) is 36.7 Å². The lowest BCUT2D eigenvalue weighted by Crippen LogP contribution is -1.90. The highest BCUT2D eigenvalue weighted by molar-refractivity contribution is 5.96. The molecule has 5 nitrogen and oxygen atoms in total. The molecule has 0 fully saturated rings. The molecule has 112 valence electrons. The molecule has 0 saturated carbocycles. The van der Waals surface area contributed by atoms with Gasteiger partial charge in [0.2, 0.25) is 5.88 Å². The van der Waals surface area contributed by atoms with E-state index < -0.39 is 0 Å². The molecule has 4 rings (SSSR count). The minimum Gasteiger partial charge on any atom is -0.481 e. The maximum atomic E-state index is 5.38. The molecule has 0 unspecified atom stereocenters. The fraction of sp³-hybridized carbons (Fsp3) is 0.0556. The van der Waals surface area contributed by atoms with Gasteiger partial charge in [0.05, 0.1) is 7.11 Å². The van der Waals surface area contributed by atoms with Crippen molar-refractivity contribution < 1.29 is 4.74 Å². The average Bonchev–Trinajstić information content (AvgIpc) is 3.05. The van der Waals surface area contributed by atoms with E-state index in [2.05, 4.69) is 26.0 Å². The molecule has 5 heteroatoms. The van der Waals surface area contributed by atoms with E-state index in [1.165, 1.54) is 0 Å². The van der Waals surface area contributed by atoms with Gasteiger partial charge in [-0.05, 0) is 35.9 Å². The zero-order chi connectivity index (χ0) is 15.6. The summed E-state index contributed by atoms with van der Waals surface area (Å²) in [5.74, 6) is 0.600. The molecular weight excluding hydrogens is 288 g/mol. The highest BCUT2D eigenvalue weighted by Crippen LogP contribution is 2.34. The van der Waals surface area contributed by atoms with Crippen molar-refractivity contribution in [1.29, 1.82) is 0 Å². The number of nitrogens with zero attached hydrogens (tertiary/aromatic N) is 3. The summed E-state index contributed by atoms with van der Waals surface area (Å²) >= 11 is 0. The Balaban J connectivity index is 1.92. The van der Waals surface area contributed by atoms with Crippen LogP contribution in [0.4, 0.5) is 0 Å². The highest BCUT2D eigenvalue weighted by Gasteiger charge is 2.13. The maximum Gasteiger partial charge on any atom is 0.221 e. The number of methoxy groups -OCH3 is 1. The Hall–Kier alpha value is -3.21. The summed E-state index contributed by atoms with van der Waals surface area (Å²) in [6.45, 7) is 0. The lowest BCUT2D eigenvalue weighted by Gasteiger charge is -2.06. The molecule has 23 heavy (non-hydrogen) atoms. The van der Waals surface area contributed by atoms with Gasteiger partial charge in [0.15, 0.2) is 0 Å². The Bertz CT molecular complexity index is 963. The standard InChI is InChI=1S/C18H14N4O/c1-23-18-14(3-2-6-20-18)16-11-22-17-15(16)9-13(10-21-17)12-4-7-19-8-5-12/h2-11H,1H3,(H,21,22). The number of rotatable bonds is 3. The van der Waals surface area contributed by atoms with Crippen LogP contribution in [0.5, 0.6) is 5.88 Å². The van der Waals surface area contributed by atoms with Crippen molar-refractivity contribution in [2.24, 2.45) is 0 Å². The summed E-state index contributed by atoms with van der Waals surface area (Å²) in [6, 6.07) is 9.96. The number of fused-ring (bicyclic) bond motifs is 1. The molecule has 4 heterocycles. The van der Waals surface area contributed by atoms with Gasteiger partial charge in [-0.15, -0.1) is 0 Å². The van der Waals surface area contributed by atoms with E-state index in [0.29, 0.717) is 5.88 Å². The van der Waals surface area contributed by atoms with Gasteiger partial charge in [0.25, 0.3) is 0 Å². The fourth-order valence-corrected chi connectivity index (χ4v) is 2.69. The molecule has 0 aromatic carbocycles. The first-order valence-electron chi connectivity index (χ1n) is 7.24. The third-order valence-corrected chi connectivity index (χ3v) is 3.80. The molecule has 0 spiro atoms. The lowest BCUT2D eigenvalue weighted by atomic mass is 10.0. The van der Waals surface area contributed by atoms with Crippen LogP contribution in [-0.4, -0.2) is 27.0 Å². The number of ether oxygens (including phenoxy) is 1. The molecule has 0 aliphatic carbocycles. The highest BCUT2D eigenvalue weighted by atomic mass is 16.5. The second-order valence-electron chi connectivity index (χ2n) is 5.12. The van der Waals surface area contributed by atoms with E-state index in [0.717, 1.165) is 33.3 Å². The smallest absolute Gasteiger partial charge is 0.221 e. The molecule has 1 N–H and O–H groups in total. The number of aromatic amines is 1. The van der Waals surface area contributed by atoms with Crippen molar-refractivity contribution in [3.8, 4) is 28.1 Å². The summed E-state index contributed by atoms with van der Waals surface area (Å²) in [5, 5.41) is 1.03. The van der Waals surface area contributed by atoms with Crippen molar-refractivity contribution in [2.75, 3.05) is 7.11 Å². The molecule has 0 saturated heterocycles. The van der Waals surface area contributed by atoms with Crippen LogP contribution >= 0.6 is 0 Å². The molecule has 4 aromatic heterocycles. The topological polar surface area (TPSA) is 63.7 Å². The van der Waals surface area contributed by atoms with Gasteiger partial charge >= 0.3 is 0 Å². The average molecular weight is 302 g/mol. The third-order valence-electron chi connectivity index (χ3n) is 3.80. The van der Waals surface area contributed by atoms with Crippen molar-refractivity contribution in [3.05, 3.63) is 61.3 Å². The largest absolute Gasteiger partial charge is 0.481 e. The van der Waals surface area contributed by atoms with Crippen molar-refractivity contribution in [2.45, 2.75) is 0 Å². The van der Waals surface area contributed by atoms with Gasteiger partial charge in [-0.25, -0.2) is 9.97 Å².